The highest BCUT2D eigenvalue weighted by Gasteiger charge is 2.28. The van der Waals surface area contributed by atoms with E-state index in [0.717, 1.165) is 37.3 Å². The molecular weight excluding hydrogens is 356 g/mol. The highest BCUT2D eigenvalue weighted by molar-refractivity contribution is 6.07. The summed E-state index contributed by atoms with van der Waals surface area (Å²) in [4.78, 5) is 44.1. The van der Waals surface area contributed by atoms with E-state index >= 15 is 0 Å². The summed E-state index contributed by atoms with van der Waals surface area (Å²) in [5, 5.41) is 2.91. The maximum atomic E-state index is 12.8. The van der Waals surface area contributed by atoms with E-state index in [2.05, 4.69) is 15.2 Å². The summed E-state index contributed by atoms with van der Waals surface area (Å²) in [5.41, 5.74) is 2.06. The number of anilines is 2. The van der Waals surface area contributed by atoms with Crippen molar-refractivity contribution in [3.63, 3.8) is 0 Å². The molecule has 2 aliphatic heterocycles. The smallest absolute Gasteiger partial charge is 0.259 e. The van der Waals surface area contributed by atoms with E-state index in [9.17, 15) is 14.4 Å². The molecule has 4 rings (SSSR count). The van der Waals surface area contributed by atoms with E-state index in [0.29, 0.717) is 11.3 Å². The molecule has 7 heteroatoms. The van der Waals surface area contributed by atoms with Gasteiger partial charge in [-0.15, -0.1) is 0 Å². The van der Waals surface area contributed by atoms with Gasteiger partial charge < -0.3 is 10.2 Å². The number of amides is 3. The Balaban J connectivity index is 1.44. The molecule has 7 nitrogen and oxygen atoms in total. The van der Waals surface area contributed by atoms with Crippen LogP contribution in [0.1, 0.15) is 41.6 Å². The lowest BCUT2D eigenvalue weighted by Crippen LogP contribution is -2.28. The highest BCUT2D eigenvalue weighted by Crippen LogP contribution is 2.23. The third kappa shape index (κ3) is 3.74. The quantitative estimate of drug-likeness (QED) is 0.809. The molecule has 2 aromatic rings. The fourth-order valence-electron chi connectivity index (χ4n) is 3.63. The van der Waals surface area contributed by atoms with Gasteiger partial charge in [-0.1, -0.05) is 12.1 Å². The van der Waals surface area contributed by atoms with Crippen LogP contribution in [-0.4, -0.2) is 40.7 Å². The number of hydrogen-bond donors (Lipinski definition) is 1. The Labute approximate surface area is 163 Å². The van der Waals surface area contributed by atoms with Gasteiger partial charge in [0.05, 0.1) is 12.1 Å². The molecule has 144 valence electrons. The van der Waals surface area contributed by atoms with Gasteiger partial charge in [0.2, 0.25) is 11.8 Å². The number of carbonyl (C=O) groups excluding carboxylic acids is 3. The first-order valence-electron chi connectivity index (χ1n) is 9.55. The predicted octanol–water partition coefficient (Wildman–Crippen LogP) is 2.58. The van der Waals surface area contributed by atoms with Gasteiger partial charge in [-0.2, -0.15) is 0 Å². The lowest BCUT2D eigenvalue weighted by molar-refractivity contribution is -0.139. The van der Waals surface area contributed by atoms with Crippen LogP contribution in [0.4, 0.5) is 11.5 Å². The van der Waals surface area contributed by atoms with E-state index in [4.69, 9.17) is 0 Å². The number of pyridine rings is 1. The topological polar surface area (TPSA) is 82.6 Å². The van der Waals surface area contributed by atoms with Gasteiger partial charge in [-0.05, 0) is 42.7 Å². The number of rotatable bonds is 5. The number of carbonyl (C=O) groups is 3. The van der Waals surface area contributed by atoms with Crippen LogP contribution >= 0.6 is 0 Å². The molecule has 1 aromatic carbocycles. The number of nitrogens with zero attached hydrogens (tertiary/aromatic N) is 3. The first-order chi connectivity index (χ1) is 13.6. The second kappa shape index (κ2) is 7.80. The Hall–Kier alpha value is -3.22. The first-order valence-corrected chi connectivity index (χ1v) is 9.55. The molecule has 1 N–H and O–H groups in total. The number of imide groups is 1. The van der Waals surface area contributed by atoms with Crippen LogP contribution in [0.2, 0.25) is 0 Å². The van der Waals surface area contributed by atoms with Crippen molar-refractivity contribution >= 4 is 29.2 Å². The number of hydrogen-bond acceptors (Lipinski definition) is 5. The summed E-state index contributed by atoms with van der Waals surface area (Å²) in [6, 6.07) is 10.8. The van der Waals surface area contributed by atoms with Gasteiger partial charge in [0, 0.05) is 37.8 Å². The zero-order valence-electron chi connectivity index (χ0n) is 15.6. The van der Waals surface area contributed by atoms with Gasteiger partial charge in [0.15, 0.2) is 0 Å². The van der Waals surface area contributed by atoms with Crippen LogP contribution in [0, 0.1) is 0 Å². The third-order valence-electron chi connectivity index (χ3n) is 5.14. The van der Waals surface area contributed by atoms with E-state index in [1.807, 2.05) is 12.1 Å². The molecule has 2 aliphatic rings. The molecule has 1 aromatic heterocycles. The zero-order valence-corrected chi connectivity index (χ0v) is 15.6. The Bertz CT molecular complexity index is 888. The first kappa shape index (κ1) is 18.2. The van der Waals surface area contributed by atoms with Crippen LogP contribution in [-0.2, 0) is 16.1 Å². The Morgan fingerprint density at radius 1 is 1.00 bits per heavy atom. The molecule has 0 saturated carbocycles. The van der Waals surface area contributed by atoms with Crippen molar-refractivity contribution in [1.82, 2.24) is 9.88 Å². The monoisotopic (exact) mass is 378 g/mol. The normalized spacial score (nSPS) is 16.7. The second-order valence-corrected chi connectivity index (χ2v) is 7.09. The maximum absolute atomic E-state index is 12.8. The number of nitrogens with one attached hydrogen (secondary N) is 1. The van der Waals surface area contributed by atoms with E-state index in [-0.39, 0.29) is 37.1 Å². The van der Waals surface area contributed by atoms with Gasteiger partial charge >= 0.3 is 0 Å². The molecule has 3 amide bonds. The highest BCUT2D eigenvalue weighted by atomic mass is 16.2. The zero-order chi connectivity index (χ0) is 19.5. The van der Waals surface area contributed by atoms with E-state index in [1.165, 1.54) is 4.90 Å². The van der Waals surface area contributed by atoms with Crippen molar-refractivity contribution in [2.24, 2.45) is 0 Å². The summed E-state index contributed by atoms with van der Waals surface area (Å²) in [6.45, 7) is 2.10. The van der Waals surface area contributed by atoms with Gasteiger partial charge in [-0.3, -0.25) is 19.3 Å². The summed E-state index contributed by atoms with van der Waals surface area (Å²) in [6.07, 6.45) is 4.51. The third-order valence-corrected chi connectivity index (χ3v) is 5.14. The molecule has 0 bridgehead atoms. The lowest BCUT2D eigenvalue weighted by atomic mass is 10.1. The SMILES string of the molecule is O=C(Nc1ccc(CN2C(=O)CCC2=O)cc1)c1cccnc1N1CCCC1. The largest absolute Gasteiger partial charge is 0.356 e. The van der Waals surface area contributed by atoms with Gasteiger partial charge in [-0.25, -0.2) is 4.98 Å². The van der Waals surface area contributed by atoms with Crippen LogP contribution in [0.25, 0.3) is 0 Å². The van der Waals surface area contributed by atoms with Crippen molar-refractivity contribution in [2.75, 3.05) is 23.3 Å². The molecule has 0 unspecified atom stereocenters. The molecule has 0 aliphatic carbocycles. The van der Waals surface area contributed by atoms with Crippen LogP contribution < -0.4 is 10.2 Å². The van der Waals surface area contributed by atoms with E-state index < -0.39 is 0 Å². The van der Waals surface area contributed by atoms with Gasteiger partial charge in [0.1, 0.15) is 5.82 Å². The van der Waals surface area contributed by atoms with Crippen molar-refractivity contribution < 1.29 is 14.4 Å². The molecule has 0 spiro atoms. The minimum Gasteiger partial charge on any atom is -0.356 e. The standard InChI is InChI=1S/C21H22N4O3/c26-18-9-10-19(27)25(18)14-15-5-7-16(8-6-15)23-21(28)17-4-3-11-22-20(17)24-12-1-2-13-24/h3-8,11H,1-2,9-10,12-14H2,(H,23,28). The molecule has 2 saturated heterocycles. The maximum Gasteiger partial charge on any atom is 0.259 e. The predicted molar refractivity (Wildman–Crippen MR) is 105 cm³/mol. The summed E-state index contributed by atoms with van der Waals surface area (Å²) in [7, 11) is 0. The number of benzene rings is 1. The fraction of sp³-hybridized carbons (Fsp3) is 0.333. The van der Waals surface area contributed by atoms with Crippen LogP contribution in [0.15, 0.2) is 42.6 Å². The second-order valence-electron chi connectivity index (χ2n) is 7.09. The molecule has 2 fully saturated rings. The van der Waals surface area contributed by atoms with Crippen molar-refractivity contribution in [3.05, 3.63) is 53.7 Å². The average molecular weight is 378 g/mol. The molecule has 0 radical (unpaired) electrons. The van der Waals surface area contributed by atoms with Crippen molar-refractivity contribution in [1.29, 1.82) is 0 Å². The molecular formula is C21H22N4O3. The number of likely N-dealkylation sites (tertiary alicyclic amines) is 1. The molecule has 3 heterocycles. The Morgan fingerprint density at radius 2 is 1.68 bits per heavy atom. The fourth-order valence-corrected chi connectivity index (χ4v) is 3.63. The molecule has 28 heavy (non-hydrogen) atoms. The Morgan fingerprint density at radius 3 is 2.36 bits per heavy atom. The minimum absolute atomic E-state index is 0.131. The van der Waals surface area contributed by atoms with Gasteiger partial charge in [0.25, 0.3) is 5.91 Å². The van der Waals surface area contributed by atoms with Crippen molar-refractivity contribution in [2.45, 2.75) is 32.2 Å². The summed E-state index contributed by atoms with van der Waals surface area (Å²) in [5.74, 6) is 0.259. The number of aromatic nitrogens is 1. The summed E-state index contributed by atoms with van der Waals surface area (Å²) >= 11 is 0. The lowest BCUT2D eigenvalue weighted by Gasteiger charge is -2.19. The molecule has 0 atom stereocenters. The van der Waals surface area contributed by atoms with Crippen LogP contribution in [0.3, 0.4) is 0 Å². The average Bonchev–Trinajstić information content (AvgIpc) is 3.35. The van der Waals surface area contributed by atoms with Crippen molar-refractivity contribution in [3.8, 4) is 0 Å². The van der Waals surface area contributed by atoms with Crippen LogP contribution in [0.5, 0.6) is 0 Å². The Kier molecular flexibility index (Phi) is 5.06. The van der Waals surface area contributed by atoms with E-state index in [1.54, 1.807) is 30.5 Å². The minimum atomic E-state index is -0.201. The summed E-state index contributed by atoms with van der Waals surface area (Å²) < 4.78 is 0.